The Balaban J connectivity index is 1.55. The monoisotopic (exact) mass is 434 g/mol. The number of para-hydroxylation sites is 2. The van der Waals surface area contributed by atoms with Gasteiger partial charge in [0.15, 0.2) is 11.5 Å². The molecule has 1 aromatic heterocycles. The van der Waals surface area contributed by atoms with E-state index in [2.05, 4.69) is 4.98 Å². The van der Waals surface area contributed by atoms with Gasteiger partial charge in [0.05, 0.1) is 31.6 Å². The summed E-state index contributed by atoms with van der Waals surface area (Å²) >= 11 is 12.6. The lowest BCUT2D eigenvalue weighted by molar-refractivity contribution is -0.189. The topological polar surface area (TPSA) is 54.7 Å². The van der Waals surface area contributed by atoms with Crippen molar-refractivity contribution < 1.29 is 18.9 Å². The van der Waals surface area contributed by atoms with Crippen LogP contribution in [-0.2, 0) is 21.8 Å². The van der Waals surface area contributed by atoms with Crippen molar-refractivity contribution in [2.24, 2.45) is 0 Å². The van der Waals surface area contributed by atoms with Crippen LogP contribution in [-0.4, -0.2) is 36.0 Å². The number of aromatic nitrogens is 2. The highest BCUT2D eigenvalue weighted by atomic mass is 35.5. The molecule has 152 valence electrons. The smallest absolute Gasteiger partial charge is 0.215 e. The number of imidazole rings is 1. The number of halogens is 2. The Kier molecular flexibility index (Phi) is 5.96. The van der Waals surface area contributed by atoms with Crippen LogP contribution in [0.15, 0.2) is 61.2 Å². The van der Waals surface area contributed by atoms with Gasteiger partial charge in [-0.1, -0.05) is 41.4 Å². The van der Waals surface area contributed by atoms with Crippen molar-refractivity contribution in [3.8, 4) is 11.5 Å². The maximum atomic E-state index is 6.48. The van der Waals surface area contributed by atoms with Gasteiger partial charge in [-0.2, -0.15) is 0 Å². The van der Waals surface area contributed by atoms with Gasteiger partial charge in [0.1, 0.15) is 12.7 Å². The first kappa shape index (κ1) is 20.0. The molecule has 0 unspecified atom stereocenters. The van der Waals surface area contributed by atoms with E-state index in [1.807, 2.05) is 41.1 Å². The number of ether oxygens (including phenoxy) is 4. The number of rotatable bonds is 7. The van der Waals surface area contributed by atoms with Gasteiger partial charge in [-0.25, -0.2) is 4.98 Å². The van der Waals surface area contributed by atoms with Gasteiger partial charge in [-0.05, 0) is 24.3 Å². The van der Waals surface area contributed by atoms with Crippen LogP contribution in [0, 0.1) is 0 Å². The Hall–Kier alpha value is -2.25. The van der Waals surface area contributed by atoms with Crippen LogP contribution in [0.5, 0.6) is 11.5 Å². The summed E-state index contributed by atoms with van der Waals surface area (Å²) in [6, 6.07) is 12.7. The predicted molar refractivity (Wildman–Crippen MR) is 110 cm³/mol. The molecule has 2 aromatic carbocycles. The van der Waals surface area contributed by atoms with E-state index >= 15 is 0 Å². The van der Waals surface area contributed by atoms with Crippen molar-refractivity contribution in [3.63, 3.8) is 0 Å². The van der Waals surface area contributed by atoms with E-state index < -0.39 is 5.79 Å². The van der Waals surface area contributed by atoms with Gasteiger partial charge in [-0.15, -0.1) is 0 Å². The Morgan fingerprint density at radius 1 is 1.21 bits per heavy atom. The highest BCUT2D eigenvalue weighted by Crippen LogP contribution is 2.40. The van der Waals surface area contributed by atoms with Gasteiger partial charge < -0.3 is 23.5 Å². The summed E-state index contributed by atoms with van der Waals surface area (Å²) in [4.78, 5) is 4.10. The van der Waals surface area contributed by atoms with E-state index in [0.29, 0.717) is 46.9 Å². The van der Waals surface area contributed by atoms with Crippen molar-refractivity contribution in [2.75, 3.05) is 20.3 Å². The third-order valence-corrected chi connectivity index (χ3v) is 5.19. The Morgan fingerprint density at radius 3 is 2.76 bits per heavy atom. The maximum absolute atomic E-state index is 6.48. The van der Waals surface area contributed by atoms with Crippen LogP contribution in [0.1, 0.15) is 5.56 Å². The number of methoxy groups -OCH3 is 1. The normalized spacial score (nSPS) is 21.3. The third kappa shape index (κ3) is 4.36. The molecule has 1 aliphatic heterocycles. The molecule has 1 saturated heterocycles. The Bertz CT molecular complexity index is 967. The van der Waals surface area contributed by atoms with Gasteiger partial charge in [0.2, 0.25) is 5.79 Å². The summed E-state index contributed by atoms with van der Waals surface area (Å²) in [5.74, 6) is 0.240. The number of hydrogen-bond donors (Lipinski definition) is 0. The molecule has 0 amide bonds. The average Bonchev–Trinajstić information content (AvgIpc) is 3.37. The second kappa shape index (κ2) is 8.63. The second-order valence-corrected chi connectivity index (χ2v) is 7.47. The molecule has 3 aromatic rings. The summed E-state index contributed by atoms with van der Waals surface area (Å²) < 4.78 is 25.7. The fourth-order valence-electron chi connectivity index (χ4n) is 3.30. The van der Waals surface area contributed by atoms with E-state index in [4.69, 9.17) is 42.1 Å². The van der Waals surface area contributed by atoms with Gasteiger partial charge in [0, 0.05) is 23.0 Å². The molecule has 29 heavy (non-hydrogen) atoms. The Morgan fingerprint density at radius 2 is 2.03 bits per heavy atom. The van der Waals surface area contributed by atoms with Crippen molar-refractivity contribution in [3.05, 3.63) is 76.8 Å². The first-order valence-corrected chi connectivity index (χ1v) is 9.84. The lowest BCUT2D eigenvalue weighted by atomic mass is 10.1. The highest BCUT2D eigenvalue weighted by Gasteiger charge is 2.45. The van der Waals surface area contributed by atoms with E-state index in [9.17, 15) is 0 Å². The van der Waals surface area contributed by atoms with Gasteiger partial charge in [-0.3, -0.25) is 0 Å². The van der Waals surface area contributed by atoms with Crippen LogP contribution in [0.25, 0.3) is 0 Å². The Labute approximate surface area is 178 Å². The summed E-state index contributed by atoms with van der Waals surface area (Å²) in [6.07, 6.45) is 4.96. The minimum atomic E-state index is -1.07. The van der Waals surface area contributed by atoms with Crippen molar-refractivity contribution in [2.45, 2.75) is 18.4 Å². The maximum Gasteiger partial charge on any atom is 0.215 e. The predicted octanol–water partition coefficient (Wildman–Crippen LogP) is 4.55. The molecule has 0 bridgehead atoms. The lowest BCUT2D eigenvalue weighted by Crippen LogP contribution is -2.34. The molecule has 0 spiro atoms. The molecule has 2 atom stereocenters. The molecule has 1 fully saturated rings. The van der Waals surface area contributed by atoms with Gasteiger partial charge in [0.25, 0.3) is 0 Å². The quantitative estimate of drug-likeness (QED) is 0.545. The fraction of sp³-hybridized carbons (Fsp3) is 0.286. The van der Waals surface area contributed by atoms with Crippen LogP contribution < -0.4 is 9.47 Å². The molecule has 0 radical (unpaired) electrons. The lowest BCUT2D eigenvalue weighted by Gasteiger charge is -2.30. The molecule has 6 nitrogen and oxygen atoms in total. The summed E-state index contributed by atoms with van der Waals surface area (Å²) in [5.41, 5.74) is 0.706. The molecule has 8 heteroatoms. The molecule has 0 N–H and O–H groups in total. The first-order valence-electron chi connectivity index (χ1n) is 9.08. The van der Waals surface area contributed by atoms with Crippen LogP contribution >= 0.6 is 23.2 Å². The SMILES string of the molecule is COc1ccccc1OC[C@@H]1CO[C@@](Cn2ccnc2)(c2ccc(Cl)cc2Cl)O1. The van der Waals surface area contributed by atoms with E-state index in [0.717, 1.165) is 0 Å². The average molecular weight is 435 g/mol. The van der Waals surface area contributed by atoms with Gasteiger partial charge >= 0.3 is 0 Å². The fourth-order valence-corrected chi connectivity index (χ4v) is 3.85. The molecule has 0 aliphatic carbocycles. The van der Waals surface area contributed by atoms with E-state index in [1.165, 1.54) is 0 Å². The zero-order chi connectivity index (χ0) is 20.3. The van der Waals surface area contributed by atoms with Crippen LogP contribution in [0.4, 0.5) is 0 Å². The third-order valence-electron chi connectivity index (χ3n) is 4.64. The van der Waals surface area contributed by atoms with Crippen molar-refractivity contribution in [1.29, 1.82) is 0 Å². The summed E-state index contributed by atoms with van der Waals surface area (Å²) in [6.45, 7) is 1.04. The zero-order valence-electron chi connectivity index (χ0n) is 15.8. The summed E-state index contributed by atoms with van der Waals surface area (Å²) in [7, 11) is 1.61. The van der Waals surface area contributed by atoms with E-state index in [1.54, 1.807) is 31.8 Å². The first-order chi connectivity index (χ1) is 14.1. The molecule has 2 heterocycles. The highest BCUT2D eigenvalue weighted by molar-refractivity contribution is 6.35. The zero-order valence-corrected chi connectivity index (χ0v) is 17.3. The minimum Gasteiger partial charge on any atom is -0.493 e. The second-order valence-electron chi connectivity index (χ2n) is 6.62. The molecular formula is C21H20Cl2N2O4. The number of benzene rings is 2. The van der Waals surface area contributed by atoms with Crippen molar-refractivity contribution >= 4 is 23.2 Å². The number of nitrogens with zero attached hydrogens (tertiary/aromatic N) is 2. The van der Waals surface area contributed by atoms with Crippen LogP contribution in [0.3, 0.4) is 0 Å². The van der Waals surface area contributed by atoms with E-state index in [-0.39, 0.29) is 6.10 Å². The molecular weight excluding hydrogens is 415 g/mol. The van der Waals surface area contributed by atoms with Crippen LogP contribution in [0.2, 0.25) is 10.0 Å². The largest absolute Gasteiger partial charge is 0.493 e. The molecule has 1 aliphatic rings. The minimum absolute atomic E-state index is 0.296. The standard InChI is InChI=1S/C21H20Cl2N2O4/c1-26-19-4-2-3-5-20(19)27-11-16-12-28-21(29-16,13-25-9-8-24-14-25)17-7-6-15(22)10-18(17)23/h2-10,14,16H,11-13H2,1H3/t16-,21-/m1/s1. The molecule has 4 rings (SSSR count). The molecule has 0 saturated carbocycles. The van der Waals surface area contributed by atoms with Crippen molar-refractivity contribution in [1.82, 2.24) is 9.55 Å². The number of hydrogen-bond acceptors (Lipinski definition) is 5. The summed E-state index contributed by atoms with van der Waals surface area (Å²) in [5, 5.41) is 1.02.